The number of anilines is 1. The molecule has 116 valence electrons. The fraction of sp³-hybridized carbons (Fsp3) is 0.211. The first-order chi connectivity index (χ1) is 11.1. The molecule has 0 unspecified atom stereocenters. The molecule has 3 atom stereocenters. The quantitative estimate of drug-likeness (QED) is 0.734. The molecule has 2 aromatic carbocycles. The molecule has 3 nitrogen and oxygen atoms in total. The Morgan fingerprint density at radius 1 is 1.17 bits per heavy atom. The summed E-state index contributed by atoms with van der Waals surface area (Å²) in [5.41, 5.74) is 3.40. The van der Waals surface area contributed by atoms with E-state index in [1.165, 1.54) is 5.56 Å². The molecule has 0 saturated carbocycles. The average Bonchev–Trinajstić information content (AvgIpc) is 3.04. The highest BCUT2D eigenvalue weighted by Gasteiger charge is 2.39. The lowest BCUT2D eigenvalue weighted by molar-refractivity contribution is 0.0697. The van der Waals surface area contributed by atoms with Crippen LogP contribution < -0.4 is 5.32 Å². The largest absolute Gasteiger partial charge is 0.478 e. The maximum absolute atomic E-state index is 11.6. The number of para-hydroxylation sites is 1. The molecule has 0 radical (unpaired) electrons. The van der Waals surface area contributed by atoms with Crippen molar-refractivity contribution in [3.63, 3.8) is 0 Å². The van der Waals surface area contributed by atoms with Gasteiger partial charge in [0.1, 0.15) is 0 Å². The summed E-state index contributed by atoms with van der Waals surface area (Å²) in [6, 6.07) is 14.0. The van der Waals surface area contributed by atoms with E-state index >= 15 is 0 Å². The van der Waals surface area contributed by atoms with Crippen molar-refractivity contribution < 1.29 is 9.90 Å². The second-order valence-corrected chi connectivity index (χ2v) is 7.02. The standard InChI is InChI=1S/C19H16BrNO2/c20-12-9-7-11(8-10-12)17-14-4-1-3-13(14)15-5-2-6-16(19(22)23)18(15)21-17/h1-3,5-10,13-14,17,21H,4H2,(H,22,23)/t13-,14+,17-/m0/s1. The summed E-state index contributed by atoms with van der Waals surface area (Å²) in [5, 5.41) is 13.0. The summed E-state index contributed by atoms with van der Waals surface area (Å²) in [6.45, 7) is 0. The van der Waals surface area contributed by atoms with Crippen molar-refractivity contribution in [2.75, 3.05) is 5.32 Å². The minimum Gasteiger partial charge on any atom is -0.478 e. The molecule has 2 aromatic rings. The first kappa shape index (κ1) is 14.5. The molecule has 2 N–H and O–H groups in total. The summed E-state index contributed by atoms with van der Waals surface area (Å²) >= 11 is 3.47. The zero-order valence-electron chi connectivity index (χ0n) is 12.4. The third-order valence-electron chi connectivity index (χ3n) is 4.86. The van der Waals surface area contributed by atoms with E-state index in [2.05, 4.69) is 45.5 Å². The second kappa shape index (κ2) is 5.53. The SMILES string of the molecule is O=C(O)c1cccc2c1N[C@@H](c1ccc(Br)cc1)[C@@H]1CC=C[C@H]21. The number of carboxylic acids is 1. The molecule has 0 saturated heterocycles. The first-order valence-corrected chi connectivity index (χ1v) is 8.49. The van der Waals surface area contributed by atoms with Crippen molar-refractivity contribution in [1.29, 1.82) is 0 Å². The zero-order valence-corrected chi connectivity index (χ0v) is 14.0. The molecule has 1 aliphatic heterocycles. The summed E-state index contributed by atoms with van der Waals surface area (Å²) in [7, 11) is 0. The Hall–Kier alpha value is -2.07. The van der Waals surface area contributed by atoms with Crippen molar-refractivity contribution in [3.05, 3.63) is 75.8 Å². The zero-order chi connectivity index (χ0) is 16.0. The summed E-state index contributed by atoms with van der Waals surface area (Å²) < 4.78 is 1.05. The number of aromatic carboxylic acids is 1. The number of allylic oxidation sites excluding steroid dienone is 2. The van der Waals surface area contributed by atoms with Crippen LogP contribution in [-0.2, 0) is 0 Å². The maximum Gasteiger partial charge on any atom is 0.337 e. The van der Waals surface area contributed by atoms with Gasteiger partial charge >= 0.3 is 5.97 Å². The lowest BCUT2D eigenvalue weighted by Crippen LogP contribution is -2.30. The molecule has 0 bridgehead atoms. The number of carbonyl (C=O) groups is 1. The van der Waals surface area contributed by atoms with Gasteiger partial charge in [-0.05, 0) is 41.7 Å². The van der Waals surface area contributed by atoms with Crippen LogP contribution in [0.5, 0.6) is 0 Å². The Kier molecular flexibility index (Phi) is 3.49. The summed E-state index contributed by atoms with van der Waals surface area (Å²) in [4.78, 5) is 11.6. The van der Waals surface area contributed by atoms with E-state index in [-0.39, 0.29) is 12.0 Å². The van der Waals surface area contributed by atoms with E-state index in [1.54, 1.807) is 6.07 Å². The predicted molar refractivity (Wildman–Crippen MR) is 93.9 cm³/mol. The average molecular weight is 370 g/mol. The monoisotopic (exact) mass is 369 g/mol. The highest BCUT2D eigenvalue weighted by molar-refractivity contribution is 9.10. The van der Waals surface area contributed by atoms with Gasteiger partial charge in [0, 0.05) is 10.4 Å². The van der Waals surface area contributed by atoms with Gasteiger partial charge in [-0.15, -0.1) is 0 Å². The first-order valence-electron chi connectivity index (χ1n) is 7.70. The van der Waals surface area contributed by atoms with Crippen LogP contribution in [0.15, 0.2) is 59.1 Å². The van der Waals surface area contributed by atoms with E-state index in [9.17, 15) is 9.90 Å². The fourth-order valence-corrected chi connectivity index (χ4v) is 4.06. The van der Waals surface area contributed by atoms with Gasteiger partial charge in [-0.1, -0.05) is 52.3 Å². The van der Waals surface area contributed by atoms with Crippen molar-refractivity contribution >= 4 is 27.6 Å². The normalized spacial score (nSPS) is 24.7. The van der Waals surface area contributed by atoms with Crippen LogP contribution in [0.4, 0.5) is 5.69 Å². The van der Waals surface area contributed by atoms with E-state index in [4.69, 9.17) is 0 Å². The molecule has 0 amide bonds. The number of hydrogen-bond acceptors (Lipinski definition) is 2. The van der Waals surface area contributed by atoms with E-state index in [0.29, 0.717) is 11.5 Å². The van der Waals surface area contributed by atoms with Gasteiger partial charge in [0.15, 0.2) is 0 Å². The Morgan fingerprint density at radius 3 is 2.70 bits per heavy atom. The molecule has 4 heteroatoms. The molecule has 4 rings (SSSR count). The number of halogens is 1. The van der Waals surface area contributed by atoms with Crippen LogP contribution in [0, 0.1) is 5.92 Å². The Balaban J connectivity index is 1.83. The highest BCUT2D eigenvalue weighted by Crippen LogP contribution is 2.50. The molecule has 2 aliphatic rings. The Morgan fingerprint density at radius 2 is 1.96 bits per heavy atom. The van der Waals surface area contributed by atoms with Crippen LogP contribution in [0.25, 0.3) is 0 Å². The van der Waals surface area contributed by atoms with Crippen molar-refractivity contribution in [2.45, 2.75) is 18.4 Å². The van der Waals surface area contributed by atoms with Gasteiger partial charge < -0.3 is 10.4 Å². The fourth-order valence-electron chi connectivity index (χ4n) is 3.80. The van der Waals surface area contributed by atoms with Gasteiger partial charge in [-0.2, -0.15) is 0 Å². The summed E-state index contributed by atoms with van der Waals surface area (Å²) in [5.74, 6) is -0.184. The van der Waals surface area contributed by atoms with Gasteiger partial charge in [0.25, 0.3) is 0 Å². The number of benzene rings is 2. The number of rotatable bonds is 2. The smallest absolute Gasteiger partial charge is 0.337 e. The lowest BCUT2D eigenvalue weighted by atomic mass is 9.76. The minimum absolute atomic E-state index is 0.121. The molecule has 0 aromatic heterocycles. The number of nitrogens with one attached hydrogen (secondary N) is 1. The van der Waals surface area contributed by atoms with Crippen LogP contribution in [0.2, 0.25) is 0 Å². The minimum atomic E-state index is -0.885. The Labute approximate surface area is 143 Å². The van der Waals surface area contributed by atoms with Crippen LogP contribution in [0.1, 0.15) is 39.9 Å². The molecule has 23 heavy (non-hydrogen) atoms. The van der Waals surface area contributed by atoms with Crippen LogP contribution in [0.3, 0.4) is 0 Å². The highest BCUT2D eigenvalue weighted by atomic mass is 79.9. The van der Waals surface area contributed by atoms with Crippen LogP contribution >= 0.6 is 15.9 Å². The van der Waals surface area contributed by atoms with Gasteiger partial charge in [-0.3, -0.25) is 0 Å². The molecule has 1 heterocycles. The van der Waals surface area contributed by atoms with Crippen molar-refractivity contribution in [2.24, 2.45) is 5.92 Å². The number of hydrogen-bond donors (Lipinski definition) is 2. The van der Waals surface area contributed by atoms with Gasteiger partial charge in [0.2, 0.25) is 0 Å². The lowest BCUT2D eigenvalue weighted by Gasteiger charge is -2.38. The number of fused-ring (bicyclic) bond motifs is 3. The number of carboxylic acid groups (broad SMARTS) is 1. The Bertz CT molecular complexity index is 798. The van der Waals surface area contributed by atoms with Gasteiger partial charge in [0.05, 0.1) is 17.3 Å². The van der Waals surface area contributed by atoms with E-state index in [0.717, 1.165) is 22.1 Å². The molecule has 0 spiro atoms. The summed E-state index contributed by atoms with van der Waals surface area (Å²) in [6.07, 6.45) is 5.45. The molecule has 1 aliphatic carbocycles. The molecular formula is C19H16BrNO2. The third-order valence-corrected chi connectivity index (χ3v) is 5.38. The maximum atomic E-state index is 11.6. The van der Waals surface area contributed by atoms with Crippen LogP contribution in [-0.4, -0.2) is 11.1 Å². The van der Waals surface area contributed by atoms with Crippen molar-refractivity contribution in [3.8, 4) is 0 Å². The predicted octanol–water partition coefficient (Wildman–Crippen LogP) is 4.97. The second-order valence-electron chi connectivity index (χ2n) is 6.10. The van der Waals surface area contributed by atoms with Gasteiger partial charge in [-0.25, -0.2) is 4.79 Å². The van der Waals surface area contributed by atoms with Crippen molar-refractivity contribution in [1.82, 2.24) is 0 Å². The molecule has 0 fully saturated rings. The molecular weight excluding hydrogens is 354 g/mol. The topological polar surface area (TPSA) is 49.3 Å². The van der Waals surface area contributed by atoms with E-state index in [1.807, 2.05) is 24.3 Å². The van der Waals surface area contributed by atoms with E-state index < -0.39 is 5.97 Å². The third kappa shape index (κ3) is 2.38.